The van der Waals surface area contributed by atoms with Gasteiger partial charge in [-0.2, -0.15) is 0 Å². The van der Waals surface area contributed by atoms with Crippen LogP contribution in [0.3, 0.4) is 0 Å². The molecule has 0 fully saturated rings. The van der Waals surface area contributed by atoms with E-state index in [1.54, 1.807) is 0 Å². The van der Waals surface area contributed by atoms with E-state index >= 15 is 0 Å². The highest BCUT2D eigenvalue weighted by atomic mass is 19.2. The summed E-state index contributed by atoms with van der Waals surface area (Å²) in [5, 5.41) is 0. The van der Waals surface area contributed by atoms with Crippen molar-refractivity contribution in [3.63, 3.8) is 0 Å². The molecule has 1 aromatic rings. The van der Waals surface area contributed by atoms with Gasteiger partial charge in [0.2, 0.25) is 0 Å². The average molecular weight is 130 g/mol. The van der Waals surface area contributed by atoms with Gasteiger partial charge < -0.3 is 0 Å². The van der Waals surface area contributed by atoms with Gasteiger partial charge in [0.25, 0.3) is 0 Å². The van der Waals surface area contributed by atoms with Crippen molar-refractivity contribution in [2.45, 2.75) is 0 Å². The summed E-state index contributed by atoms with van der Waals surface area (Å²) in [4.78, 5) is 10.00. The first-order valence-electron chi connectivity index (χ1n) is 2.53. The molecule has 0 aliphatic rings. The number of halogens is 1. The van der Waals surface area contributed by atoms with E-state index < -0.39 is 0 Å². The van der Waals surface area contributed by atoms with Crippen LogP contribution in [-0.4, -0.2) is 6.29 Å². The fourth-order valence-corrected chi connectivity index (χ4v) is 0.541. The van der Waals surface area contributed by atoms with Crippen molar-refractivity contribution in [3.8, 4) is 0 Å². The minimum absolute atomic E-state index is 0.319. The Hall–Kier alpha value is -1.18. The van der Waals surface area contributed by atoms with Crippen LogP contribution >= 0.6 is 0 Å². The van der Waals surface area contributed by atoms with Crippen molar-refractivity contribution < 1.29 is 9.18 Å². The van der Waals surface area contributed by atoms with Crippen molar-refractivity contribution >= 4 is 6.29 Å². The number of hydrogen-bond donors (Lipinski definition) is 0. The van der Waals surface area contributed by atoms with Crippen LogP contribution in [0.1, 0.15) is 10.4 Å². The SMILES string of the molecule is O=C[13c]1[13cH][13cH][13c](F)[13cH][13cH]1. The van der Waals surface area contributed by atoms with Gasteiger partial charge in [0, 0.05) is 5.56 Å². The highest BCUT2D eigenvalue weighted by Crippen LogP contribution is 1.98. The van der Waals surface area contributed by atoms with Crippen molar-refractivity contribution in [1.29, 1.82) is 0 Å². The Morgan fingerprint density at radius 3 is 2.22 bits per heavy atom. The predicted molar refractivity (Wildman–Crippen MR) is 31.8 cm³/mol. The summed E-state index contributed by atoms with van der Waals surface area (Å²) in [6.45, 7) is 0. The van der Waals surface area contributed by atoms with Crippen LogP contribution in [0.4, 0.5) is 4.39 Å². The van der Waals surface area contributed by atoms with Gasteiger partial charge >= 0.3 is 0 Å². The highest BCUT2D eigenvalue weighted by molar-refractivity contribution is 5.74. The number of hydrogen-bond acceptors (Lipinski definition) is 1. The molecule has 0 spiro atoms. The maximum absolute atomic E-state index is 12.1. The van der Waals surface area contributed by atoms with Crippen LogP contribution in [-0.2, 0) is 0 Å². The zero-order valence-electron chi connectivity index (χ0n) is 4.67. The summed E-state index contributed by atoms with van der Waals surface area (Å²) in [7, 11) is 0. The Kier molecular flexibility index (Phi) is 1.58. The number of aldehydes is 1. The third-order valence-corrected chi connectivity index (χ3v) is 1.01. The molecule has 46 valence electrons. The fourth-order valence-electron chi connectivity index (χ4n) is 0.541. The van der Waals surface area contributed by atoms with Crippen LogP contribution in [0.15, 0.2) is 24.3 Å². The van der Waals surface area contributed by atoms with E-state index in [9.17, 15) is 9.18 Å². The Bertz CT molecular complexity index is 203. The second-order valence-corrected chi connectivity index (χ2v) is 1.67. The largest absolute Gasteiger partial charge is 0.298 e. The van der Waals surface area contributed by atoms with Gasteiger partial charge in [-0.25, -0.2) is 4.39 Å². The zero-order valence-corrected chi connectivity index (χ0v) is 4.67. The van der Waals surface area contributed by atoms with E-state index in [1.807, 2.05) is 0 Å². The summed E-state index contributed by atoms with van der Waals surface area (Å²) in [5.74, 6) is -0.319. The molecular formula is C7H5FO. The number of rotatable bonds is 1. The summed E-state index contributed by atoms with van der Waals surface area (Å²) in [6, 6.07) is 5.37. The molecule has 0 saturated carbocycles. The first kappa shape index (κ1) is 5.95. The van der Waals surface area contributed by atoms with Gasteiger partial charge in [-0.3, -0.25) is 4.79 Å². The molecular weight excluding hydrogens is 125 g/mol. The zero-order chi connectivity index (χ0) is 6.69. The third-order valence-electron chi connectivity index (χ3n) is 1.01. The number of carbonyl (C=O) groups excluding carboxylic acids is 1. The van der Waals surface area contributed by atoms with E-state index in [4.69, 9.17) is 0 Å². The lowest BCUT2D eigenvalue weighted by molar-refractivity contribution is 0.112. The molecule has 2 heteroatoms. The highest BCUT2D eigenvalue weighted by Gasteiger charge is 1.87. The van der Waals surface area contributed by atoms with E-state index in [0.29, 0.717) is 11.8 Å². The van der Waals surface area contributed by atoms with Gasteiger partial charge in [-0.15, -0.1) is 0 Å². The molecule has 0 heterocycles. The first-order valence-corrected chi connectivity index (χ1v) is 2.53. The van der Waals surface area contributed by atoms with Crippen molar-refractivity contribution in [2.24, 2.45) is 0 Å². The second kappa shape index (κ2) is 2.40. The lowest BCUT2D eigenvalue weighted by atomic mass is 11.0. The summed E-state index contributed by atoms with van der Waals surface area (Å²) in [5.41, 5.74) is 0.497. The predicted octanol–water partition coefficient (Wildman–Crippen LogP) is 1.64. The molecule has 1 rings (SSSR count). The molecule has 0 radical (unpaired) electrons. The molecule has 0 unspecified atom stereocenters. The van der Waals surface area contributed by atoms with Crippen molar-refractivity contribution in [2.75, 3.05) is 0 Å². The van der Waals surface area contributed by atoms with Gasteiger partial charge in [-0.05, 0) is 24.3 Å². The third kappa shape index (κ3) is 1.35. The topological polar surface area (TPSA) is 17.1 Å². The van der Waals surface area contributed by atoms with Crippen LogP contribution in [0, 0.1) is 5.82 Å². The van der Waals surface area contributed by atoms with Crippen LogP contribution in [0.5, 0.6) is 0 Å². The Labute approximate surface area is 52.1 Å². The van der Waals surface area contributed by atoms with Gasteiger partial charge in [0.1, 0.15) is 12.1 Å². The molecule has 0 saturated heterocycles. The second-order valence-electron chi connectivity index (χ2n) is 1.67. The molecule has 0 atom stereocenters. The van der Waals surface area contributed by atoms with Crippen LogP contribution in [0.25, 0.3) is 0 Å². The molecule has 0 N–H and O–H groups in total. The normalized spacial score (nSPS) is 9.00. The minimum Gasteiger partial charge on any atom is -0.298 e. The van der Waals surface area contributed by atoms with E-state index in [1.165, 1.54) is 24.3 Å². The average Bonchev–Trinajstić information content (AvgIpc) is 1.90. The van der Waals surface area contributed by atoms with Crippen LogP contribution < -0.4 is 0 Å². The quantitative estimate of drug-likeness (QED) is 0.528. The fraction of sp³-hybridized carbons (Fsp3) is 0. The molecule has 1 nitrogen and oxygen atoms in total. The molecule has 0 bridgehead atoms. The van der Waals surface area contributed by atoms with Gasteiger partial charge in [-0.1, -0.05) is 0 Å². The van der Waals surface area contributed by atoms with Crippen molar-refractivity contribution in [3.05, 3.63) is 35.6 Å². The minimum atomic E-state index is -0.319. The molecule has 0 aromatic heterocycles. The molecule has 0 aliphatic heterocycles. The lowest BCUT2D eigenvalue weighted by Gasteiger charge is -1.86. The number of carbonyl (C=O) groups is 1. The molecule has 0 amide bonds. The van der Waals surface area contributed by atoms with Gasteiger partial charge in [0.15, 0.2) is 0 Å². The first-order chi connectivity index (χ1) is 4.33. The monoisotopic (exact) mass is 130 g/mol. The number of benzene rings is 1. The summed E-state index contributed by atoms with van der Waals surface area (Å²) in [6.07, 6.45) is 0.680. The maximum Gasteiger partial charge on any atom is 0.150 e. The standard InChI is InChI=1S/C7H5FO/c8-7-3-1-6(5-9)2-4-7/h1-5H/i1+1,2+1,3+1,4+1,6+1,7+1. The Morgan fingerprint density at radius 2 is 1.78 bits per heavy atom. The van der Waals surface area contributed by atoms with E-state index in [0.717, 1.165) is 0 Å². The van der Waals surface area contributed by atoms with E-state index in [2.05, 4.69) is 0 Å². The van der Waals surface area contributed by atoms with Crippen LogP contribution in [0.2, 0.25) is 0 Å². The Morgan fingerprint density at radius 1 is 1.22 bits per heavy atom. The summed E-state index contributed by atoms with van der Waals surface area (Å²) >= 11 is 0. The van der Waals surface area contributed by atoms with Gasteiger partial charge in [0.05, 0.1) is 0 Å². The maximum atomic E-state index is 12.1. The summed E-state index contributed by atoms with van der Waals surface area (Å²) < 4.78 is 12.1. The molecule has 0 aliphatic carbocycles. The van der Waals surface area contributed by atoms with E-state index in [-0.39, 0.29) is 5.82 Å². The molecule has 9 heavy (non-hydrogen) atoms. The lowest BCUT2D eigenvalue weighted by Crippen LogP contribution is -1.77. The Balaban J connectivity index is 3.01. The van der Waals surface area contributed by atoms with Crippen molar-refractivity contribution in [1.82, 2.24) is 0 Å². The smallest absolute Gasteiger partial charge is 0.150 e. The molecule has 1 aromatic carbocycles.